The molecule has 4 rings (SSSR count). The lowest BCUT2D eigenvalue weighted by Crippen LogP contribution is -2.25. The Bertz CT molecular complexity index is 1290. The smallest absolute Gasteiger partial charge is 0.253 e. The van der Waals surface area contributed by atoms with Crippen molar-refractivity contribution in [3.63, 3.8) is 0 Å². The van der Waals surface area contributed by atoms with Gasteiger partial charge in [0.2, 0.25) is 0 Å². The van der Waals surface area contributed by atoms with Crippen LogP contribution in [0.15, 0.2) is 66.4 Å². The first kappa shape index (κ1) is 27.5. The molecule has 0 atom stereocenters. The van der Waals surface area contributed by atoms with Crippen LogP contribution in [0.3, 0.4) is 0 Å². The van der Waals surface area contributed by atoms with Crippen molar-refractivity contribution in [1.29, 1.82) is 0 Å². The van der Waals surface area contributed by atoms with Crippen molar-refractivity contribution in [2.24, 2.45) is 5.10 Å². The minimum absolute atomic E-state index is 0.0753. The quantitative estimate of drug-likeness (QED) is 0.321. The number of aromatic nitrogens is 1. The number of anilines is 1. The maximum absolute atomic E-state index is 13.0. The molecule has 1 aliphatic rings. The Morgan fingerprint density at radius 2 is 1.78 bits per heavy atom. The van der Waals surface area contributed by atoms with Crippen LogP contribution < -0.4 is 16.0 Å². The van der Waals surface area contributed by atoms with E-state index in [4.69, 9.17) is 0 Å². The number of benzene rings is 2. The molecule has 1 aliphatic carbocycles. The molecular weight excluding hydrogens is 462 g/mol. The SMILES string of the molecule is C=C(Nc1cc(C(=O)NC2CC2)ccc1C)c1c(C)c(C(=O)NCc2ccccc2)cn1/N=C\C.CC. The van der Waals surface area contributed by atoms with Crippen LogP contribution in [0.2, 0.25) is 0 Å². The molecule has 1 saturated carbocycles. The van der Waals surface area contributed by atoms with Gasteiger partial charge in [-0.1, -0.05) is 56.8 Å². The number of hydrogen-bond donors (Lipinski definition) is 3. The Balaban J connectivity index is 0.00000186. The summed E-state index contributed by atoms with van der Waals surface area (Å²) in [4.78, 5) is 25.5. The Hall–Kier alpha value is -4.13. The van der Waals surface area contributed by atoms with E-state index >= 15 is 0 Å². The molecule has 0 radical (unpaired) electrons. The highest BCUT2D eigenvalue weighted by Gasteiger charge is 2.24. The monoisotopic (exact) mass is 499 g/mol. The average Bonchev–Trinajstić information content (AvgIpc) is 3.66. The van der Waals surface area contributed by atoms with E-state index in [1.54, 1.807) is 17.1 Å². The van der Waals surface area contributed by atoms with Gasteiger partial charge in [0.1, 0.15) is 0 Å². The fraction of sp³-hybridized carbons (Fsp3) is 0.300. The summed E-state index contributed by atoms with van der Waals surface area (Å²) in [6.45, 7) is 14.3. The molecule has 0 spiro atoms. The van der Waals surface area contributed by atoms with Crippen molar-refractivity contribution in [2.75, 3.05) is 5.32 Å². The first-order valence-electron chi connectivity index (χ1n) is 12.8. The number of hydrogen-bond acceptors (Lipinski definition) is 4. The van der Waals surface area contributed by atoms with E-state index < -0.39 is 0 Å². The van der Waals surface area contributed by atoms with Gasteiger partial charge in [-0.15, -0.1) is 0 Å². The predicted molar refractivity (Wildman–Crippen MR) is 152 cm³/mol. The molecule has 2 amide bonds. The number of aryl methyl sites for hydroxylation is 1. The predicted octanol–water partition coefficient (Wildman–Crippen LogP) is 5.89. The summed E-state index contributed by atoms with van der Waals surface area (Å²) < 4.78 is 1.65. The highest BCUT2D eigenvalue weighted by Crippen LogP contribution is 2.27. The number of rotatable bonds is 9. The Labute approximate surface area is 219 Å². The molecule has 2 aromatic carbocycles. The van der Waals surface area contributed by atoms with Gasteiger partial charge in [-0.3, -0.25) is 9.59 Å². The summed E-state index contributed by atoms with van der Waals surface area (Å²) >= 11 is 0. The van der Waals surface area contributed by atoms with Gasteiger partial charge >= 0.3 is 0 Å². The first-order chi connectivity index (χ1) is 17.9. The Morgan fingerprint density at radius 1 is 1.08 bits per heavy atom. The molecule has 0 saturated heterocycles. The maximum Gasteiger partial charge on any atom is 0.253 e. The van der Waals surface area contributed by atoms with Crippen molar-refractivity contribution in [3.8, 4) is 0 Å². The summed E-state index contributed by atoms with van der Waals surface area (Å²) in [6, 6.07) is 15.6. The van der Waals surface area contributed by atoms with Crippen LogP contribution in [0, 0.1) is 13.8 Å². The molecule has 0 aliphatic heterocycles. The van der Waals surface area contributed by atoms with E-state index in [1.807, 2.05) is 83.1 Å². The van der Waals surface area contributed by atoms with Gasteiger partial charge in [-0.2, -0.15) is 5.10 Å². The lowest BCUT2D eigenvalue weighted by Gasteiger charge is -2.15. The largest absolute Gasteiger partial charge is 0.354 e. The van der Waals surface area contributed by atoms with Crippen LogP contribution in [0.25, 0.3) is 5.70 Å². The van der Waals surface area contributed by atoms with Crippen LogP contribution in [0.4, 0.5) is 5.69 Å². The van der Waals surface area contributed by atoms with Crippen LogP contribution in [0.5, 0.6) is 0 Å². The Kier molecular flexibility index (Phi) is 9.44. The van der Waals surface area contributed by atoms with E-state index in [1.165, 1.54) is 0 Å². The lowest BCUT2D eigenvalue weighted by atomic mass is 10.1. The highest BCUT2D eigenvalue weighted by molar-refractivity contribution is 5.98. The summed E-state index contributed by atoms with van der Waals surface area (Å²) in [5, 5.41) is 13.7. The van der Waals surface area contributed by atoms with Crippen LogP contribution in [0.1, 0.15) is 76.7 Å². The molecule has 0 bridgehead atoms. The molecule has 7 nitrogen and oxygen atoms in total. The fourth-order valence-corrected chi connectivity index (χ4v) is 3.88. The standard InChI is InChI=1S/C28H31N5O2.C2H6/c1-5-30-33-17-24(28(35)29-16-21-9-7-6-8-10-21)19(3)26(33)20(4)31-25-15-22(12-11-18(25)2)27(34)32-23-13-14-23;1-2/h5-12,15,17,23,31H,4,13-14,16H2,1-3H3,(H,29,35)(H,32,34);1-2H3/b30-5-;. The van der Waals surface area contributed by atoms with Crippen LogP contribution >= 0.6 is 0 Å². The van der Waals surface area contributed by atoms with Gasteiger partial charge in [0.15, 0.2) is 0 Å². The Morgan fingerprint density at radius 3 is 2.43 bits per heavy atom. The van der Waals surface area contributed by atoms with E-state index in [0.29, 0.717) is 35.1 Å². The number of amides is 2. The van der Waals surface area contributed by atoms with Crippen molar-refractivity contribution >= 4 is 29.4 Å². The van der Waals surface area contributed by atoms with E-state index in [9.17, 15) is 9.59 Å². The summed E-state index contributed by atoms with van der Waals surface area (Å²) in [5.41, 5.74) is 5.94. The summed E-state index contributed by atoms with van der Waals surface area (Å²) in [5.74, 6) is -0.256. The molecule has 3 aromatic rings. The average molecular weight is 500 g/mol. The third kappa shape index (κ3) is 6.97. The zero-order chi connectivity index (χ0) is 26.9. The molecule has 194 valence electrons. The summed E-state index contributed by atoms with van der Waals surface area (Å²) in [7, 11) is 0. The third-order valence-electron chi connectivity index (χ3n) is 6.00. The van der Waals surface area contributed by atoms with Gasteiger partial charge in [0.25, 0.3) is 11.8 Å². The third-order valence-corrected chi connectivity index (χ3v) is 6.00. The van der Waals surface area contributed by atoms with Gasteiger partial charge in [0, 0.05) is 36.2 Å². The zero-order valence-corrected chi connectivity index (χ0v) is 22.4. The second kappa shape index (κ2) is 12.7. The number of nitrogens with one attached hydrogen (secondary N) is 3. The van der Waals surface area contributed by atoms with Gasteiger partial charge < -0.3 is 16.0 Å². The molecule has 1 aromatic heterocycles. The number of nitrogens with zero attached hydrogens (tertiary/aromatic N) is 2. The van der Waals surface area contributed by atoms with Gasteiger partial charge in [-0.25, -0.2) is 4.68 Å². The lowest BCUT2D eigenvalue weighted by molar-refractivity contribution is 0.0942. The van der Waals surface area contributed by atoms with E-state index in [-0.39, 0.29) is 11.8 Å². The van der Waals surface area contributed by atoms with Crippen molar-refractivity contribution < 1.29 is 9.59 Å². The minimum Gasteiger partial charge on any atom is -0.354 e. The first-order valence-corrected chi connectivity index (χ1v) is 12.8. The summed E-state index contributed by atoms with van der Waals surface area (Å²) in [6.07, 6.45) is 5.45. The van der Waals surface area contributed by atoms with Crippen LogP contribution in [-0.2, 0) is 6.54 Å². The molecule has 37 heavy (non-hydrogen) atoms. The molecule has 1 heterocycles. The number of carbonyl (C=O) groups excluding carboxylic acids is 2. The van der Waals surface area contributed by atoms with Crippen molar-refractivity contribution in [2.45, 2.75) is 60.0 Å². The zero-order valence-electron chi connectivity index (χ0n) is 22.4. The molecule has 0 unspecified atom stereocenters. The normalized spacial score (nSPS) is 12.5. The van der Waals surface area contributed by atoms with Gasteiger partial charge in [0.05, 0.1) is 17.0 Å². The minimum atomic E-state index is -0.180. The van der Waals surface area contributed by atoms with Gasteiger partial charge in [-0.05, 0) is 62.4 Å². The number of carbonyl (C=O) groups is 2. The van der Waals surface area contributed by atoms with Crippen molar-refractivity contribution in [3.05, 3.63) is 94.8 Å². The molecule has 3 N–H and O–H groups in total. The molecule has 1 fully saturated rings. The molecule has 7 heteroatoms. The topological polar surface area (TPSA) is 87.5 Å². The fourth-order valence-electron chi connectivity index (χ4n) is 3.88. The second-order valence-corrected chi connectivity index (χ2v) is 8.78. The second-order valence-electron chi connectivity index (χ2n) is 8.78. The van der Waals surface area contributed by atoms with Crippen molar-refractivity contribution in [1.82, 2.24) is 15.3 Å². The highest BCUT2D eigenvalue weighted by atomic mass is 16.2. The van der Waals surface area contributed by atoms with E-state index in [0.717, 1.165) is 35.2 Å². The van der Waals surface area contributed by atoms with Crippen LogP contribution in [-0.4, -0.2) is 28.7 Å². The van der Waals surface area contributed by atoms with E-state index in [2.05, 4.69) is 27.6 Å². The maximum atomic E-state index is 13.0. The molecular formula is C30H37N5O2.